The molecule has 1 fully saturated rings. The first-order valence-electron chi connectivity index (χ1n) is 11.0. The van der Waals surface area contributed by atoms with Crippen molar-refractivity contribution in [2.75, 3.05) is 13.2 Å². The molecule has 1 aliphatic rings. The summed E-state index contributed by atoms with van der Waals surface area (Å²) in [6.45, 7) is 0.534. The van der Waals surface area contributed by atoms with Crippen LogP contribution in [0.15, 0.2) is 70.1 Å². The number of amides is 1. The van der Waals surface area contributed by atoms with E-state index in [-0.39, 0.29) is 30.3 Å². The van der Waals surface area contributed by atoms with Gasteiger partial charge in [-0.15, -0.1) is 0 Å². The van der Waals surface area contributed by atoms with Gasteiger partial charge in [0.2, 0.25) is 5.88 Å². The van der Waals surface area contributed by atoms with Gasteiger partial charge in [0.25, 0.3) is 11.8 Å². The zero-order chi connectivity index (χ0) is 23.5. The van der Waals surface area contributed by atoms with Crippen LogP contribution in [0.2, 0.25) is 0 Å². The van der Waals surface area contributed by atoms with Crippen molar-refractivity contribution in [3.8, 4) is 28.8 Å². The topological polar surface area (TPSA) is 126 Å². The number of aromatic nitrogens is 4. The lowest BCUT2D eigenvalue weighted by Crippen LogP contribution is -2.41. The van der Waals surface area contributed by atoms with Gasteiger partial charge in [0.05, 0.1) is 17.9 Å². The number of nitrogens with one attached hydrogen (secondary N) is 1. The number of hydrogen-bond acceptors (Lipinski definition) is 7. The smallest absolute Gasteiger partial charge is 0.332 e. The molecule has 174 valence electrons. The van der Waals surface area contributed by atoms with E-state index in [1.807, 2.05) is 30.3 Å². The maximum Gasteiger partial charge on any atom is 0.332 e. The van der Waals surface area contributed by atoms with Crippen LogP contribution in [0, 0.1) is 0 Å². The SMILES string of the molecule is O=C(COc1ccccc1)N1CCCC[C@@H]1c1noc(-c2cccc(-n3cc(O)[nH]c3=O)c2)n1. The Balaban J connectivity index is 1.34. The number of ether oxygens (including phenoxy) is 1. The van der Waals surface area contributed by atoms with Gasteiger partial charge in [0, 0.05) is 12.1 Å². The maximum atomic E-state index is 12.9. The molecule has 0 bridgehead atoms. The van der Waals surface area contributed by atoms with Crippen LogP contribution in [-0.4, -0.2) is 48.8 Å². The normalized spacial score (nSPS) is 15.9. The molecule has 2 aromatic carbocycles. The van der Waals surface area contributed by atoms with Crippen molar-refractivity contribution in [3.05, 3.63) is 77.1 Å². The van der Waals surface area contributed by atoms with Crippen molar-refractivity contribution in [1.82, 2.24) is 24.6 Å². The molecule has 1 aliphatic heterocycles. The summed E-state index contributed by atoms with van der Waals surface area (Å²) in [6.07, 6.45) is 3.88. The van der Waals surface area contributed by atoms with E-state index in [0.717, 1.165) is 19.3 Å². The first-order chi connectivity index (χ1) is 16.6. The number of para-hydroxylation sites is 1. The number of rotatable bonds is 6. The van der Waals surface area contributed by atoms with Gasteiger partial charge in [0.15, 0.2) is 12.4 Å². The summed E-state index contributed by atoms with van der Waals surface area (Å²) in [5.41, 5.74) is 0.686. The van der Waals surface area contributed by atoms with Gasteiger partial charge in [-0.25, -0.2) is 4.79 Å². The van der Waals surface area contributed by atoms with Gasteiger partial charge in [0.1, 0.15) is 5.75 Å². The van der Waals surface area contributed by atoms with Crippen LogP contribution in [0.4, 0.5) is 0 Å². The Labute approximate surface area is 194 Å². The number of carbonyl (C=O) groups excluding carboxylic acids is 1. The number of hydrogen-bond donors (Lipinski definition) is 2. The number of piperidine rings is 1. The van der Waals surface area contributed by atoms with E-state index < -0.39 is 5.69 Å². The number of imidazole rings is 1. The highest BCUT2D eigenvalue weighted by Crippen LogP contribution is 2.31. The average molecular weight is 461 g/mol. The zero-order valence-electron chi connectivity index (χ0n) is 18.3. The highest BCUT2D eigenvalue weighted by molar-refractivity contribution is 5.78. The summed E-state index contributed by atoms with van der Waals surface area (Å²) in [7, 11) is 0. The minimum atomic E-state index is -0.463. The van der Waals surface area contributed by atoms with E-state index in [1.54, 1.807) is 29.2 Å². The molecule has 34 heavy (non-hydrogen) atoms. The molecule has 0 saturated carbocycles. The average Bonchev–Trinajstić information content (AvgIpc) is 3.49. The predicted molar refractivity (Wildman–Crippen MR) is 122 cm³/mol. The lowest BCUT2D eigenvalue weighted by Gasteiger charge is -2.33. The van der Waals surface area contributed by atoms with Crippen LogP contribution in [0.25, 0.3) is 17.1 Å². The van der Waals surface area contributed by atoms with Crippen LogP contribution in [0.1, 0.15) is 31.1 Å². The molecule has 1 amide bonds. The second kappa shape index (κ2) is 9.26. The van der Waals surface area contributed by atoms with Crippen molar-refractivity contribution >= 4 is 5.91 Å². The molecule has 0 aliphatic carbocycles. The quantitative estimate of drug-likeness (QED) is 0.452. The first-order valence-corrected chi connectivity index (χ1v) is 11.0. The molecule has 0 radical (unpaired) electrons. The first kappa shape index (κ1) is 21.5. The third-order valence-electron chi connectivity index (χ3n) is 5.74. The fourth-order valence-electron chi connectivity index (χ4n) is 4.09. The zero-order valence-corrected chi connectivity index (χ0v) is 18.3. The highest BCUT2D eigenvalue weighted by Gasteiger charge is 2.32. The van der Waals surface area contributed by atoms with Crippen molar-refractivity contribution in [2.45, 2.75) is 25.3 Å². The third kappa shape index (κ3) is 4.42. The summed E-state index contributed by atoms with van der Waals surface area (Å²) >= 11 is 0. The maximum absolute atomic E-state index is 12.9. The van der Waals surface area contributed by atoms with Gasteiger partial charge in [-0.2, -0.15) is 4.98 Å². The molecule has 1 atom stereocenters. The standard InChI is InChI=1S/C24H23N5O5/c30-20-14-29(24(32)25-20)17-8-6-7-16(13-17)23-26-22(27-34-23)19-11-4-5-12-28(19)21(31)15-33-18-9-2-1-3-10-18/h1-3,6-10,13-14,19,30H,4-5,11-12,15H2,(H,25,32)/t19-/m1/s1. The Bertz CT molecular complexity index is 1340. The number of aromatic hydroxyl groups is 1. The van der Waals surface area contributed by atoms with E-state index in [9.17, 15) is 14.7 Å². The number of likely N-dealkylation sites (tertiary alicyclic amines) is 1. The summed E-state index contributed by atoms with van der Waals surface area (Å²) in [6, 6.07) is 15.9. The molecular formula is C24H23N5O5. The van der Waals surface area contributed by atoms with E-state index in [0.29, 0.717) is 29.4 Å². The Hall–Kier alpha value is -4.34. The minimum Gasteiger partial charge on any atom is -0.493 e. The molecule has 10 heteroatoms. The van der Waals surface area contributed by atoms with E-state index in [2.05, 4.69) is 15.1 Å². The summed E-state index contributed by atoms with van der Waals surface area (Å²) in [4.78, 5) is 33.5. The number of aromatic amines is 1. The molecule has 1 saturated heterocycles. The highest BCUT2D eigenvalue weighted by atomic mass is 16.5. The molecule has 0 spiro atoms. The second-order valence-electron chi connectivity index (χ2n) is 8.02. The Morgan fingerprint density at radius 1 is 1.18 bits per heavy atom. The largest absolute Gasteiger partial charge is 0.493 e. The summed E-state index contributed by atoms with van der Waals surface area (Å²) in [5.74, 6) is 0.996. The minimum absolute atomic E-state index is 0.0640. The molecule has 3 heterocycles. The summed E-state index contributed by atoms with van der Waals surface area (Å²) in [5, 5.41) is 13.7. The van der Waals surface area contributed by atoms with Gasteiger partial charge < -0.3 is 19.3 Å². The Morgan fingerprint density at radius 3 is 2.82 bits per heavy atom. The number of H-pyrrole nitrogens is 1. The van der Waals surface area contributed by atoms with E-state index in [4.69, 9.17) is 9.26 Å². The number of nitrogens with zero attached hydrogens (tertiary/aromatic N) is 4. The third-order valence-corrected chi connectivity index (χ3v) is 5.74. The van der Waals surface area contributed by atoms with Gasteiger partial charge in [-0.1, -0.05) is 29.4 Å². The van der Waals surface area contributed by atoms with Gasteiger partial charge >= 0.3 is 5.69 Å². The van der Waals surface area contributed by atoms with E-state index in [1.165, 1.54) is 10.8 Å². The number of carbonyl (C=O) groups is 1. The fraction of sp³-hybridized carbons (Fsp3) is 0.250. The van der Waals surface area contributed by atoms with Crippen molar-refractivity contribution in [2.24, 2.45) is 0 Å². The van der Waals surface area contributed by atoms with Crippen LogP contribution in [-0.2, 0) is 4.79 Å². The van der Waals surface area contributed by atoms with Crippen LogP contribution in [0.3, 0.4) is 0 Å². The molecule has 2 aromatic heterocycles. The monoisotopic (exact) mass is 461 g/mol. The molecule has 4 aromatic rings. The lowest BCUT2D eigenvalue weighted by atomic mass is 10.0. The molecule has 2 N–H and O–H groups in total. The second-order valence-corrected chi connectivity index (χ2v) is 8.02. The molecule has 10 nitrogen and oxygen atoms in total. The van der Waals surface area contributed by atoms with Crippen molar-refractivity contribution < 1.29 is 19.2 Å². The van der Waals surface area contributed by atoms with Crippen LogP contribution < -0.4 is 10.4 Å². The lowest BCUT2D eigenvalue weighted by molar-refractivity contribution is -0.137. The number of benzene rings is 2. The Morgan fingerprint density at radius 2 is 2.03 bits per heavy atom. The summed E-state index contributed by atoms with van der Waals surface area (Å²) < 4.78 is 12.4. The fourth-order valence-corrected chi connectivity index (χ4v) is 4.09. The molecule has 5 rings (SSSR count). The predicted octanol–water partition coefficient (Wildman–Crippen LogP) is 3.05. The Kier molecular flexibility index (Phi) is 5.86. The van der Waals surface area contributed by atoms with Gasteiger partial charge in [-0.3, -0.25) is 14.3 Å². The van der Waals surface area contributed by atoms with E-state index >= 15 is 0 Å². The van der Waals surface area contributed by atoms with Crippen molar-refractivity contribution in [1.29, 1.82) is 0 Å². The van der Waals surface area contributed by atoms with Gasteiger partial charge in [-0.05, 0) is 49.6 Å². The molecular weight excluding hydrogens is 438 g/mol. The van der Waals surface area contributed by atoms with Crippen molar-refractivity contribution in [3.63, 3.8) is 0 Å². The van der Waals surface area contributed by atoms with Crippen LogP contribution in [0.5, 0.6) is 11.6 Å². The molecule has 0 unspecified atom stereocenters. The van der Waals surface area contributed by atoms with Crippen LogP contribution >= 0.6 is 0 Å².